The van der Waals surface area contributed by atoms with Gasteiger partial charge in [0.15, 0.2) is 0 Å². The van der Waals surface area contributed by atoms with E-state index in [0.29, 0.717) is 0 Å². The molecular formula is C17H18N2O2. The summed E-state index contributed by atoms with van der Waals surface area (Å²) in [4.78, 5) is 10.4. The highest BCUT2D eigenvalue weighted by atomic mass is 16.6. The van der Waals surface area contributed by atoms with Gasteiger partial charge in [0.25, 0.3) is 5.69 Å². The van der Waals surface area contributed by atoms with Gasteiger partial charge in [-0.1, -0.05) is 24.3 Å². The highest BCUT2D eigenvalue weighted by Gasteiger charge is 2.20. The number of hydrogen-bond acceptors (Lipinski definition) is 3. The molecule has 0 aromatic heterocycles. The molecule has 0 bridgehead atoms. The Hall–Kier alpha value is -2.36. The standard InChI is InChI=1S/C17H18N2O2/c1-12-11-14(19(20)21)9-10-16(12)18-17-8-4-6-13-5-2-3-7-15(13)17/h2-3,5,7,9-11,17-18H,4,6,8H2,1H3. The number of nitrogens with one attached hydrogen (secondary N) is 1. The van der Waals surface area contributed by atoms with E-state index in [-0.39, 0.29) is 16.7 Å². The van der Waals surface area contributed by atoms with Crippen LogP contribution in [0.2, 0.25) is 0 Å². The first kappa shape index (κ1) is 13.6. The van der Waals surface area contributed by atoms with Crippen LogP contribution in [0, 0.1) is 17.0 Å². The molecule has 4 nitrogen and oxygen atoms in total. The Morgan fingerprint density at radius 3 is 2.81 bits per heavy atom. The number of fused-ring (bicyclic) bond motifs is 1. The molecule has 0 saturated heterocycles. The average molecular weight is 282 g/mol. The Bertz CT molecular complexity index is 682. The molecule has 1 aliphatic rings. The van der Waals surface area contributed by atoms with Crippen molar-refractivity contribution in [2.24, 2.45) is 0 Å². The topological polar surface area (TPSA) is 55.2 Å². The fourth-order valence-corrected chi connectivity index (χ4v) is 3.01. The fraction of sp³-hybridized carbons (Fsp3) is 0.294. The van der Waals surface area contributed by atoms with Crippen molar-refractivity contribution in [1.29, 1.82) is 0 Å². The third kappa shape index (κ3) is 2.75. The number of rotatable bonds is 3. The maximum absolute atomic E-state index is 10.8. The van der Waals surface area contributed by atoms with E-state index < -0.39 is 0 Å². The molecule has 1 N–H and O–H groups in total. The molecule has 0 aliphatic heterocycles. The van der Waals surface area contributed by atoms with Gasteiger partial charge in [0, 0.05) is 17.8 Å². The van der Waals surface area contributed by atoms with Crippen molar-refractivity contribution in [1.82, 2.24) is 0 Å². The minimum atomic E-state index is -0.354. The number of benzene rings is 2. The first-order valence-corrected chi connectivity index (χ1v) is 7.24. The van der Waals surface area contributed by atoms with Gasteiger partial charge < -0.3 is 5.32 Å². The van der Waals surface area contributed by atoms with Crippen LogP contribution in [0.15, 0.2) is 42.5 Å². The monoisotopic (exact) mass is 282 g/mol. The molecule has 0 radical (unpaired) electrons. The van der Waals surface area contributed by atoms with Gasteiger partial charge in [0.05, 0.1) is 11.0 Å². The van der Waals surface area contributed by atoms with Crippen LogP contribution in [0.1, 0.15) is 35.6 Å². The van der Waals surface area contributed by atoms with Gasteiger partial charge in [-0.15, -0.1) is 0 Å². The normalized spacial score (nSPS) is 17.1. The Kier molecular flexibility index (Phi) is 3.60. The molecule has 0 amide bonds. The van der Waals surface area contributed by atoms with Gasteiger partial charge in [0.2, 0.25) is 0 Å². The van der Waals surface area contributed by atoms with Gasteiger partial charge in [0.1, 0.15) is 0 Å². The Morgan fingerprint density at radius 2 is 2.05 bits per heavy atom. The first-order chi connectivity index (χ1) is 10.1. The van der Waals surface area contributed by atoms with E-state index in [1.165, 1.54) is 17.5 Å². The molecule has 4 heteroatoms. The minimum absolute atomic E-state index is 0.141. The summed E-state index contributed by atoms with van der Waals surface area (Å²) in [5.74, 6) is 0. The second-order valence-corrected chi connectivity index (χ2v) is 5.54. The summed E-state index contributed by atoms with van der Waals surface area (Å²) in [7, 11) is 0. The smallest absolute Gasteiger partial charge is 0.269 e. The zero-order valence-electron chi connectivity index (χ0n) is 12.0. The second kappa shape index (κ2) is 5.56. The SMILES string of the molecule is Cc1cc([N+](=O)[O-])ccc1NC1CCCc2ccccc21. The van der Waals surface area contributed by atoms with Crippen molar-refractivity contribution in [2.45, 2.75) is 32.2 Å². The van der Waals surface area contributed by atoms with Gasteiger partial charge in [-0.25, -0.2) is 0 Å². The van der Waals surface area contributed by atoms with Crippen molar-refractivity contribution >= 4 is 11.4 Å². The van der Waals surface area contributed by atoms with Crippen molar-refractivity contribution < 1.29 is 4.92 Å². The lowest BCUT2D eigenvalue weighted by atomic mass is 9.87. The van der Waals surface area contributed by atoms with Crippen LogP contribution in [0.5, 0.6) is 0 Å². The molecule has 21 heavy (non-hydrogen) atoms. The summed E-state index contributed by atoms with van der Waals surface area (Å²) in [6.45, 7) is 1.91. The van der Waals surface area contributed by atoms with Crippen LogP contribution in [-0.4, -0.2) is 4.92 Å². The number of nitro benzene ring substituents is 1. The number of anilines is 1. The number of aryl methyl sites for hydroxylation is 2. The molecule has 3 rings (SSSR count). The van der Waals surface area contributed by atoms with Crippen LogP contribution in [-0.2, 0) is 6.42 Å². The average Bonchev–Trinajstić information content (AvgIpc) is 2.49. The molecule has 0 fully saturated rings. The van der Waals surface area contributed by atoms with E-state index in [2.05, 4.69) is 29.6 Å². The van der Waals surface area contributed by atoms with Crippen molar-refractivity contribution in [3.63, 3.8) is 0 Å². The first-order valence-electron chi connectivity index (χ1n) is 7.24. The summed E-state index contributed by atoms with van der Waals surface area (Å²) in [6.07, 6.45) is 3.39. The zero-order chi connectivity index (χ0) is 14.8. The lowest BCUT2D eigenvalue weighted by Crippen LogP contribution is -2.17. The van der Waals surface area contributed by atoms with E-state index in [0.717, 1.165) is 24.1 Å². The number of hydrogen-bond donors (Lipinski definition) is 1. The lowest BCUT2D eigenvalue weighted by molar-refractivity contribution is -0.384. The molecule has 2 aromatic carbocycles. The Balaban J connectivity index is 1.86. The lowest BCUT2D eigenvalue weighted by Gasteiger charge is -2.27. The predicted molar refractivity (Wildman–Crippen MR) is 83.6 cm³/mol. The van der Waals surface area contributed by atoms with Crippen molar-refractivity contribution in [3.8, 4) is 0 Å². The number of non-ortho nitro benzene ring substituents is 1. The van der Waals surface area contributed by atoms with E-state index in [1.54, 1.807) is 12.1 Å². The van der Waals surface area contributed by atoms with Crippen LogP contribution >= 0.6 is 0 Å². The van der Waals surface area contributed by atoms with Crippen LogP contribution in [0.25, 0.3) is 0 Å². The third-order valence-electron chi connectivity index (χ3n) is 4.12. The molecule has 1 unspecified atom stereocenters. The number of nitro groups is 1. The summed E-state index contributed by atoms with van der Waals surface area (Å²) >= 11 is 0. The van der Waals surface area contributed by atoms with Crippen LogP contribution in [0.4, 0.5) is 11.4 Å². The minimum Gasteiger partial charge on any atom is -0.378 e. The highest BCUT2D eigenvalue weighted by molar-refractivity contribution is 5.57. The molecular weight excluding hydrogens is 264 g/mol. The molecule has 1 aliphatic carbocycles. The number of nitrogens with zero attached hydrogens (tertiary/aromatic N) is 1. The largest absolute Gasteiger partial charge is 0.378 e. The third-order valence-corrected chi connectivity index (χ3v) is 4.12. The van der Waals surface area contributed by atoms with Gasteiger partial charge >= 0.3 is 0 Å². The Morgan fingerprint density at radius 1 is 1.24 bits per heavy atom. The van der Waals surface area contributed by atoms with Crippen molar-refractivity contribution in [2.75, 3.05) is 5.32 Å². The molecule has 1 atom stereocenters. The summed E-state index contributed by atoms with van der Waals surface area (Å²) < 4.78 is 0. The van der Waals surface area contributed by atoms with Gasteiger partial charge in [-0.3, -0.25) is 10.1 Å². The molecule has 108 valence electrons. The highest BCUT2D eigenvalue weighted by Crippen LogP contribution is 2.33. The van der Waals surface area contributed by atoms with Gasteiger partial charge in [-0.2, -0.15) is 0 Å². The van der Waals surface area contributed by atoms with E-state index >= 15 is 0 Å². The second-order valence-electron chi connectivity index (χ2n) is 5.54. The maximum atomic E-state index is 10.8. The molecule has 0 spiro atoms. The fourth-order valence-electron chi connectivity index (χ4n) is 3.01. The predicted octanol–water partition coefficient (Wildman–Crippen LogP) is 4.39. The molecule has 2 aromatic rings. The summed E-state index contributed by atoms with van der Waals surface area (Å²) in [6, 6.07) is 13.8. The maximum Gasteiger partial charge on any atom is 0.269 e. The van der Waals surface area contributed by atoms with Gasteiger partial charge in [-0.05, 0) is 48.9 Å². The quantitative estimate of drug-likeness (QED) is 0.671. The molecule has 0 saturated carbocycles. The van der Waals surface area contributed by atoms with Crippen LogP contribution < -0.4 is 5.32 Å². The van der Waals surface area contributed by atoms with E-state index in [4.69, 9.17) is 0 Å². The Labute approximate surface area is 124 Å². The van der Waals surface area contributed by atoms with Crippen molar-refractivity contribution in [3.05, 3.63) is 69.3 Å². The summed E-state index contributed by atoms with van der Waals surface area (Å²) in [5.41, 5.74) is 4.78. The molecule has 0 heterocycles. The van der Waals surface area contributed by atoms with E-state index in [9.17, 15) is 10.1 Å². The summed E-state index contributed by atoms with van der Waals surface area (Å²) in [5, 5.41) is 14.4. The van der Waals surface area contributed by atoms with E-state index in [1.807, 2.05) is 13.0 Å². The van der Waals surface area contributed by atoms with Crippen LogP contribution in [0.3, 0.4) is 0 Å². The zero-order valence-corrected chi connectivity index (χ0v) is 12.0.